The average Bonchev–Trinajstić information content (AvgIpc) is 3.05. The summed E-state index contributed by atoms with van der Waals surface area (Å²) in [4.78, 5) is 16.2. The fourth-order valence-corrected chi connectivity index (χ4v) is 2.12. The summed E-state index contributed by atoms with van der Waals surface area (Å²) in [5, 5.41) is 9.76. The van der Waals surface area contributed by atoms with E-state index < -0.39 is 0 Å². The van der Waals surface area contributed by atoms with Gasteiger partial charge in [0.15, 0.2) is 5.82 Å². The van der Waals surface area contributed by atoms with Gasteiger partial charge in [-0.1, -0.05) is 0 Å². The largest absolute Gasteiger partial charge is 0.494 e. The van der Waals surface area contributed by atoms with Crippen molar-refractivity contribution >= 4 is 11.7 Å². The number of benzene rings is 1. The Labute approximate surface area is 133 Å². The van der Waals surface area contributed by atoms with Crippen LogP contribution in [0.1, 0.15) is 17.3 Å². The number of hydrogen-bond donors (Lipinski definition) is 2. The van der Waals surface area contributed by atoms with Crippen molar-refractivity contribution < 1.29 is 9.53 Å². The Balaban J connectivity index is 1.69. The number of rotatable bonds is 5. The Morgan fingerprint density at radius 2 is 1.91 bits per heavy atom. The van der Waals surface area contributed by atoms with Crippen LogP contribution in [0, 0.1) is 0 Å². The second-order valence-electron chi connectivity index (χ2n) is 4.81. The highest BCUT2D eigenvalue weighted by atomic mass is 16.5. The fourth-order valence-electron chi connectivity index (χ4n) is 2.12. The Bertz CT molecular complexity index is 782. The monoisotopic (exact) mass is 308 g/mol. The first kappa shape index (κ1) is 14.8. The van der Waals surface area contributed by atoms with E-state index in [1.807, 2.05) is 19.1 Å². The number of nitrogens with zero attached hydrogens (tertiary/aromatic N) is 2. The van der Waals surface area contributed by atoms with Crippen molar-refractivity contribution in [2.45, 2.75) is 6.92 Å². The number of carbonyl (C=O) groups excluding carboxylic acids is 1. The highest BCUT2D eigenvalue weighted by molar-refractivity contribution is 6.04. The van der Waals surface area contributed by atoms with Gasteiger partial charge in [0.25, 0.3) is 5.91 Å². The normalized spacial score (nSPS) is 10.3. The molecule has 3 rings (SSSR count). The Morgan fingerprint density at radius 1 is 1.17 bits per heavy atom. The molecule has 23 heavy (non-hydrogen) atoms. The van der Waals surface area contributed by atoms with E-state index in [1.54, 1.807) is 42.7 Å². The predicted octanol–water partition coefficient (Wildman–Crippen LogP) is 3.12. The van der Waals surface area contributed by atoms with Gasteiger partial charge in [-0.3, -0.25) is 14.9 Å². The number of nitrogens with one attached hydrogen (secondary N) is 2. The molecule has 0 unspecified atom stereocenters. The summed E-state index contributed by atoms with van der Waals surface area (Å²) in [6.45, 7) is 2.51. The van der Waals surface area contributed by atoms with Crippen LogP contribution in [-0.4, -0.2) is 27.7 Å². The molecule has 0 aliphatic carbocycles. The van der Waals surface area contributed by atoms with Crippen LogP contribution in [-0.2, 0) is 0 Å². The standard InChI is InChI=1S/C17H16N4O2/c1-2-23-14-5-3-13(4-6-14)17(22)19-16-11-15(20-21-16)12-7-9-18-10-8-12/h3-11H,2H2,1H3,(H2,19,20,21,22). The van der Waals surface area contributed by atoms with E-state index in [0.29, 0.717) is 18.0 Å². The summed E-state index contributed by atoms with van der Waals surface area (Å²) < 4.78 is 5.36. The van der Waals surface area contributed by atoms with Crippen LogP contribution >= 0.6 is 0 Å². The van der Waals surface area contributed by atoms with Gasteiger partial charge in [0.05, 0.1) is 12.3 Å². The van der Waals surface area contributed by atoms with Gasteiger partial charge in [-0.15, -0.1) is 0 Å². The lowest BCUT2D eigenvalue weighted by Gasteiger charge is -2.04. The molecular formula is C17H16N4O2. The highest BCUT2D eigenvalue weighted by Crippen LogP contribution is 2.19. The maximum absolute atomic E-state index is 12.2. The average molecular weight is 308 g/mol. The lowest BCUT2D eigenvalue weighted by atomic mass is 10.2. The van der Waals surface area contributed by atoms with Crippen LogP contribution in [0.2, 0.25) is 0 Å². The third kappa shape index (κ3) is 3.55. The van der Waals surface area contributed by atoms with Crippen LogP contribution < -0.4 is 10.1 Å². The zero-order valence-electron chi connectivity index (χ0n) is 12.6. The van der Waals surface area contributed by atoms with Crippen molar-refractivity contribution in [2.24, 2.45) is 0 Å². The van der Waals surface area contributed by atoms with Crippen molar-refractivity contribution in [3.05, 3.63) is 60.4 Å². The summed E-state index contributed by atoms with van der Waals surface area (Å²) in [7, 11) is 0. The first-order chi connectivity index (χ1) is 11.3. The number of anilines is 1. The molecule has 0 atom stereocenters. The maximum atomic E-state index is 12.2. The second-order valence-corrected chi connectivity index (χ2v) is 4.81. The lowest BCUT2D eigenvalue weighted by Crippen LogP contribution is -2.12. The molecule has 1 amide bonds. The van der Waals surface area contributed by atoms with Gasteiger partial charge in [0.1, 0.15) is 5.75 Å². The van der Waals surface area contributed by atoms with Crippen molar-refractivity contribution in [2.75, 3.05) is 11.9 Å². The Kier molecular flexibility index (Phi) is 4.33. The van der Waals surface area contributed by atoms with Crippen molar-refractivity contribution in [1.29, 1.82) is 0 Å². The number of aromatic amines is 1. The van der Waals surface area contributed by atoms with Gasteiger partial charge in [-0.25, -0.2) is 0 Å². The van der Waals surface area contributed by atoms with Gasteiger partial charge in [-0.2, -0.15) is 5.10 Å². The number of amides is 1. The van der Waals surface area contributed by atoms with Gasteiger partial charge in [-0.05, 0) is 43.3 Å². The molecule has 0 aliphatic rings. The third-order valence-electron chi connectivity index (χ3n) is 3.24. The van der Waals surface area contributed by atoms with Gasteiger partial charge >= 0.3 is 0 Å². The van der Waals surface area contributed by atoms with Crippen LogP contribution in [0.5, 0.6) is 5.75 Å². The van der Waals surface area contributed by atoms with E-state index in [2.05, 4.69) is 20.5 Å². The summed E-state index contributed by atoms with van der Waals surface area (Å²) in [6.07, 6.45) is 3.41. The maximum Gasteiger partial charge on any atom is 0.256 e. The van der Waals surface area contributed by atoms with Crippen LogP contribution in [0.25, 0.3) is 11.3 Å². The summed E-state index contributed by atoms with van der Waals surface area (Å²) in [5.74, 6) is 0.986. The molecular weight excluding hydrogens is 292 g/mol. The van der Waals surface area contributed by atoms with Crippen LogP contribution in [0.4, 0.5) is 5.82 Å². The highest BCUT2D eigenvalue weighted by Gasteiger charge is 2.09. The summed E-state index contributed by atoms with van der Waals surface area (Å²) >= 11 is 0. The lowest BCUT2D eigenvalue weighted by molar-refractivity contribution is 0.102. The smallest absolute Gasteiger partial charge is 0.256 e. The molecule has 0 fully saturated rings. The Morgan fingerprint density at radius 3 is 2.61 bits per heavy atom. The number of ether oxygens (including phenoxy) is 1. The molecule has 0 radical (unpaired) electrons. The topological polar surface area (TPSA) is 79.9 Å². The van der Waals surface area contributed by atoms with Crippen molar-refractivity contribution in [3.63, 3.8) is 0 Å². The first-order valence-electron chi connectivity index (χ1n) is 7.26. The minimum Gasteiger partial charge on any atom is -0.494 e. The van der Waals surface area contributed by atoms with E-state index in [0.717, 1.165) is 17.0 Å². The van der Waals surface area contributed by atoms with Gasteiger partial charge < -0.3 is 10.1 Å². The van der Waals surface area contributed by atoms with E-state index in [9.17, 15) is 4.79 Å². The van der Waals surface area contributed by atoms with E-state index in [-0.39, 0.29) is 5.91 Å². The number of pyridine rings is 1. The second kappa shape index (κ2) is 6.74. The summed E-state index contributed by atoms with van der Waals surface area (Å²) in [6, 6.07) is 12.5. The number of carbonyl (C=O) groups is 1. The zero-order valence-corrected chi connectivity index (χ0v) is 12.6. The quantitative estimate of drug-likeness (QED) is 0.759. The number of H-pyrrole nitrogens is 1. The Hall–Kier alpha value is -3.15. The van der Waals surface area contributed by atoms with Crippen LogP contribution in [0.3, 0.4) is 0 Å². The molecule has 2 N–H and O–H groups in total. The zero-order chi connectivity index (χ0) is 16.1. The SMILES string of the molecule is CCOc1ccc(C(=O)Nc2cc(-c3ccncc3)[nH]n2)cc1. The third-order valence-corrected chi connectivity index (χ3v) is 3.24. The molecule has 6 heteroatoms. The van der Waals surface area contributed by atoms with Gasteiger partial charge in [0, 0.05) is 29.6 Å². The molecule has 6 nitrogen and oxygen atoms in total. The molecule has 3 aromatic rings. The molecule has 2 aromatic heterocycles. The van der Waals surface area contributed by atoms with E-state index >= 15 is 0 Å². The number of hydrogen-bond acceptors (Lipinski definition) is 4. The fraction of sp³-hybridized carbons (Fsp3) is 0.118. The minimum atomic E-state index is -0.221. The first-order valence-corrected chi connectivity index (χ1v) is 7.26. The molecule has 116 valence electrons. The molecule has 0 aliphatic heterocycles. The molecule has 0 saturated carbocycles. The minimum absolute atomic E-state index is 0.221. The molecule has 1 aromatic carbocycles. The van der Waals surface area contributed by atoms with Gasteiger partial charge in [0.2, 0.25) is 0 Å². The van der Waals surface area contributed by atoms with E-state index in [1.165, 1.54) is 0 Å². The molecule has 0 bridgehead atoms. The van der Waals surface area contributed by atoms with E-state index in [4.69, 9.17) is 4.74 Å². The molecule has 0 spiro atoms. The number of aromatic nitrogens is 3. The summed E-state index contributed by atoms with van der Waals surface area (Å²) in [5.41, 5.74) is 2.31. The predicted molar refractivity (Wildman–Crippen MR) is 87.4 cm³/mol. The van der Waals surface area contributed by atoms with Crippen molar-refractivity contribution in [1.82, 2.24) is 15.2 Å². The van der Waals surface area contributed by atoms with Crippen molar-refractivity contribution in [3.8, 4) is 17.0 Å². The van der Waals surface area contributed by atoms with Crippen LogP contribution in [0.15, 0.2) is 54.9 Å². The molecule has 0 saturated heterocycles. The molecule has 2 heterocycles.